The van der Waals surface area contributed by atoms with Crippen molar-refractivity contribution < 1.29 is 0 Å². The number of hydrogen-bond donors (Lipinski definition) is 0. The first-order valence-electron chi connectivity index (χ1n) is 13.2. The van der Waals surface area contributed by atoms with E-state index in [9.17, 15) is 0 Å². The van der Waals surface area contributed by atoms with Gasteiger partial charge in [0, 0.05) is 0 Å². The smallest absolute Gasteiger partial charge is 0.0300 e. The molecular weight excluding hydrogens is 367 g/mol. The topological polar surface area (TPSA) is 0 Å². The van der Waals surface area contributed by atoms with Gasteiger partial charge in [0.1, 0.15) is 0 Å². The number of hydrogen-bond acceptors (Lipinski definition) is 0. The lowest BCUT2D eigenvalue weighted by Gasteiger charge is -2.30. The molecule has 29 heavy (non-hydrogen) atoms. The van der Waals surface area contributed by atoms with Gasteiger partial charge in [0.05, 0.1) is 0 Å². The molecule has 0 spiro atoms. The lowest BCUT2D eigenvalue weighted by Crippen LogP contribution is -2.17. The summed E-state index contributed by atoms with van der Waals surface area (Å²) in [5.41, 5.74) is 0.961. The summed E-state index contributed by atoms with van der Waals surface area (Å²) < 4.78 is 0. The average molecular weight is 427 g/mol. The Bertz CT molecular complexity index is 335. The van der Waals surface area contributed by atoms with Gasteiger partial charge in [0.15, 0.2) is 0 Å². The Hall–Kier alpha value is 0.430. The highest BCUT2D eigenvalue weighted by Gasteiger charge is 2.22. The third-order valence-electron chi connectivity index (χ3n) is 5.89. The average Bonchev–Trinajstić information content (AvgIpc) is 2.52. The summed E-state index contributed by atoms with van der Waals surface area (Å²) in [5.74, 6) is 1.79. The first-order valence-corrected chi connectivity index (χ1v) is 15.0. The van der Waals surface area contributed by atoms with Crippen molar-refractivity contribution >= 4 is 7.92 Å². The van der Waals surface area contributed by atoms with Crippen molar-refractivity contribution in [3.05, 3.63) is 0 Å². The van der Waals surface area contributed by atoms with E-state index < -0.39 is 0 Å². The molecule has 0 rings (SSSR count). The molecule has 2 unspecified atom stereocenters. The van der Waals surface area contributed by atoms with Crippen molar-refractivity contribution in [1.82, 2.24) is 0 Å². The van der Waals surface area contributed by atoms with Gasteiger partial charge in [-0.15, -0.1) is 7.92 Å². The standard InChI is InChI=1S/C28H59P/c1-10-11-12-13-14-15-16-17-18-19-20-29(23-25(2)21-27(4,5)6)24-26(3)22-28(7,8)9/h25-26H,10-24H2,1-9H3. The van der Waals surface area contributed by atoms with Gasteiger partial charge in [-0.2, -0.15) is 0 Å². The molecule has 0 aliphatic heterocycles. The van der Waals surface area contributed by atoms with Gasteiger partial charge >= 0.3 is 0 Å². The molecule has 2 atom stereocenters. The van der Waals surface area contributed by atoms with Crippen LogP contribution in [0.4, 0.5) is 0 Å². The number of rotatable bonds is 17. The molecule has 0 fully saturated rings. The van der Waals surface area contributed by atoms with E-state index in [2.05, 4.69) is 62.3 Å². The zero-order chi connectivity index (χ0) is 22.3. The maximum absolute atomic E-state index is 2.52. The molecule has 0 nitrogen and oxygen atoms in total. The molecular formula is C28H59P. The molecule has 0 aromatic rings. The van der Waals surface area contributed by atoms with Crippen LogP contribution in [-0.4, -0.2) is 18.5 Å². The predicted octanol–water partition coefficient (Wildman–Crippen LogP) is 10.5. The summed E-state index contributed by atoms with van der Waals surface area (Å²) in [5, 5.41) is 0. The minimum absolute atomic E-state index is 0.220. The molecule has 0 aromatic heterocycles. The van der Waals surface area contributed by atoms with E-state index in [0.717, 1.165) is 11.8 Å². The molecule has 0 saturated carbocycles. The SMILES string of the molecule is CCCCCCCCCCCCP(CC(C)CC(C)(C)C)CC(C)CC(C)(C)C. The van der Waals surface area contributed by atoms with Crippen LogP contribution >= 0.6 is 7.92 Å². The third-order valence-corrected chi connectivity index (χ3v) is 9.12. The van der Waals surface area contributed by atoms with Crippen molar-refractivity contribution in [2.24, 2.45) is 22.7 Å². The zero-order valence-electron chi connectivity index (χ0n) is 22.2. The molecule has 0 N–H and O–H groups in total. The quantitative estimate of drug-likeness (QED) is 0.160. The minimum atomic E-state index is 0.220. The van der Waals surface area contributed by atoms with Gasteiger partial charge < -0.3 is 0 Å². The van der Waals surface area contributed by atoms with Crippen LogP contribution in [0.2, 0.25) is 0 Å². The van der Waals surface area contributed by atoms with Crippen LogP contribution in [0.15, 0.2) is 0 Å². The fourth-order valence-electron chi connectivity index (χ4n) is 5.18. The Kier molecular flexibility index (Phi) is 16.4. The zero-order valence-corrected chi connectivity index (χ0v) is 23.1. The Morgan fingerprint density at radius 3 is 1.24 bits per heavy atom. The lowest BCUT2D eigenvalue weighted by molar-refractivity contribution is 0.318. The largest absolute Gasteiger partial charge is 0.106 e. The highest BCUT2D eigenvalue weighted by Crippen LogP contribution is 2.44. The summed E-state index contributed by atoms with van der Waals surface area (Å²) >= 11 is 0. The summed E-state index contributed by atoms with van der Waals surface area (Å²) in [7, 11) is 0.220. The van der Waals surface area contributed by atoms with Gasteiger partial charge in [0.25, 0.3) is 0 Å². The van der Waals surface area contributed by atoms with Crippen molar-refractivity contribution in [1.29, 1.82) is 0 Å². The summed E-state index contributed by atoms with van der Waals surface area (Å²) in [6.07, 6.45) is 21.9. The van der Waals surface area contributed by atoms with E-state index in [1.165, 1.54) is 95.5 Å². The Morgan fingerprint density at radius 1 is 0.552 bits per heavy atom. The molecule has 0 aromatic carbocycles. The van der Waals surface area contributed by atoms with Gasteiger partial charge in [-0.05, 0) is 60.4 Å². The first kappa shape index (κ1) is 29.4. The van der Waals surface area contributed by atoms with Gasteiger partial charge in [0.2, 0.25) is 0 Å². The molecule has 0 radical (unpaired) electrons. The van der Waals surface area contributed by atoms with Crippen molar-refractivity contribution in [2.75, 3.05) is 18.5 Å². The van der Waals surface area contributed by atoms with Crippen molar-refractivity contribution in [2.45, 2.75) is 139 Å². The summed E-state index contributed by atoms with van der Waals surface area (Å²) in [6, 6.07) is 0. The molecule has 0 bridgehead atoms. The fraction of sp³-hybridized carbons (Fsp3) is 1.00. The second-order valence-corrected chi connectivity index (χ2v) is 15.2. The van der Waals surface area contributed by atoms with Crippen LogP contribution < -0.4 is 0 Å². The molecule has 0 amide bonds. The Labute approximate surface area is 188 Å². The van der Waals surface area contributed by atoms with E-state index in [4.69, 9.17) is 0 Å². The highest BCUT2D eigenvalue weighted by atomic mass is 31.1. The third kappa shape index (κ3) is 21.4. The maximum atomic E-state index is 2.52. The van der Waals surface area contributed by atoms with Crippen LogP contribution in [0.3, 0.4) is 0 Å². The maximum Gasteiger partial charge on any atom is -0.0300 e. The molecule has 0 aliphatic rings. The van der Waals surface area contributed by atoms with Gasteiger partial charge in [-0.1, -0.05) is 120 Å². The molecule has 0 aliphatic carbocycles. The molecule has 176 valence electrons. The van der Waals surface area contributed by atoms with Crippen molar-refractivity contribution in [3.63, 3.8) is 0 Å². The summed E-state index contributed by atoms with van der Waals surface area (Å²) in [4.78, 5) is 0. The van der Waals surface area contributed by atoms with Gasteiger partial charge in [-0.25, -0.2) is 0 Å². The second kappa shape index (κ2) is 16.1. The van der Waals surface area contributed by atoms with E-state index in [1.54, 1.807) is 0 Å². The van der Waals surface area contributed by atoms with Crippen molar-refractivity contribution in [3.8, 4) is 0 Å². The van der Waals surface area contributed by atoms with E-state index >= 15 is 0 Å². The van der Waals surface area contributed by atoms with E-state index in [0.29, 0.717) is 10.8 Å². The Morgan fingerprint density at radius 2 is 0.897 bits per heavy atom. The number of unbranched alkanes of at least 4 members (excludes halogenated alkanes) is 9. The molecule has 0 heterocycles. The second-order valence-electron chi connectivity index (χ2n) is 12.7. The minimum Gasteiger partial charge on any atom is -0.106 e. The highest BCUT2D eigenvalue weighted by molar-refractivity contribution is 7.57. The van der Waals surface area contributed by atoms with E-state index in [1.807, 2.05) is 0 Å². The normalized spacial score (nSPS) is 16.0. The van der Waals surface area contributed by atoms with Crippen LogP contribution in [-0.2, 0) is 0 Å². The summed E-state index contributed by atoms with van der Waals surface area (Å²) in [6.45, 7) is 21.8. The van der Waals surface area contributed by atoms with Crippen LogP contribution in [0.5, 0.6) is 0 Å². The molecule has 1 heteroatoms. The van der Waals surface area contributed by atoms with Crippen LogP contribution in [0.25, 0.3) is 0 Å². The van der Waals surface area contributed by atoms with Crippen LogP contribution in [0.1, 0.15) is 139 Å². The fourth-order valence-corrected chi connectivity index (χ4v) is 8.39. The Balaban J connectivity index is 4.23. The first-order chi connectivity index (χ1) is 13.4. The van der Waals surface area contributed by atoms with E-state index in [-0.39, 0.29) is 7.92 Å². The van der Waals surface area contributed by atoms with Crippen LogP contribution in [0, 0.1) is 22.7 Å². The molecule has 0 saturated heterocycles. The monoisotopic (exact) mass is 426 g/mol. The lowest BCUT2D eigenvalue weighted by atomic mass is 9.86. The predicted molar refractivity (Wildman–Crippen MR) is 140 cm³/mol. The van der Waals surface area contributed by atoms with Gasteiger partial charge in [-0.3, -0.25) is 0 Å².